The van der Waals surface area contributed by atoms with Crippen LogP contribution in [0.3, 0.4) is 0 Å². The monoisotopic (exact) mass is 351 g/mol. The first-order valence-corrected chi connectivity index (χ1v) is 7.91. The van der Waals surface area contributed by atoms with Gasteiger partial charge in [-0.05, 0) is 29.7 Å². The van der Waals surface area contributed by atoms with Crippen LogP contribution in [0.15, 0.2) is 54.6 Å². The summed E-state index contributed by atoms with van der Waals surface area (Å²) in [5, 5.41) is 13.2. The van der Waals surface area contributed by atoms with Gasteiger partial charge >= 0.3 is 0 Å². The van der Waals surface area contributed by atoms with Crippen LogP contribution >= 0.6 is 12.4 Å². The summed E-state index contributed by atoms with van der Waals surface area (Å²) in [4.78, 5) is 0. The number of nitrogens with one attached hydrogen (secondary N) is 1. The highest BCUT2D eigenvalue weighted by molar-refractivity contribution is 5.85. The van der Waals surface area contributed by atoms with E-state index in [2.05, 4.69) is 17.4 Å². The van der Waals surface area contributed by atoms with Gasteiger partial charge in [0.1, 0.15) is 18.5 Å². The van der Waals surface area contributed by atoms with Crippen molar-refractivity contribution in [2.45, 2.75) is 19.1 Å². The van der Waals surface area contributed by atoms with Gasteiger partial charge in [0.25, 0.3) is 0 Å². The number of rotatable bonds is 10. The molecule has 132 valence electrons. The third-order valence-electron chi connectivity index (χ3n) is 3.51. The molecular formula is C19H26ClNO3. The van der Waals surface area contributed by atoms with Crippen LogP contribution in [0.2, 0.25) is 0 Å². The zero-order valence-corrected chi connectivity index (χ0v) is 14.8. The number of ether oxygens (including phenoxy) is 2. The van der Waals surface area contributed by atoms with E-state index in [1.165, 1.54) is 11.1 Å². The van der Waals surface area contributed by atoms with E-state index in [1.807, 2.05) is 42.5 Å². The van der Waals surface area contributed by atoms with E-state index < -0.39 is 6.10 Å². The van der Waals surface area contributed by atoms with E-state index in [-0.39, 0.29) is 19.0 Å². The molecule has 0 aliphatic rings. The van der Waals surface area contributed by atoms with Crippen molar-refractivity contribution in [1.82, 2.24) is 5.32 Å². The van der Waals surface area contributed by atoms with Crippen LogP contribution < -0.4 is 10.1 Å². The van der Waals surface area contributed by atoms with Crippen LogP contribution in [0, 0.1) is 0 Å². The molecular weight excluding hydrogens is 326 g/mol. The van der Waals surface area contributed by atoms with Crippen molar-refractivity contribution < 1.29 is 14.6 Å². The fourth-order valence-corrected chi connectivity index (χ4v) is 2.20. The van der Waals surface area contributed by atoms with Gasteiger partial charge in [-0.2, -0.15) is 0 Å². The highest BCUT2D eigenvalue weighted by Gasteiger charge is 2.05. The second-order valence-corrected chi connectivity index (χ2v) is 5.47. The van der Waals surface area contributed by atoms with E-state index in [4.69, 9.17) is 9.47 Å². The van der Waals surface area contributed by atoms with E-state index >= 15 is 0 Å². The fraction of sp³-hybridized carbons (Fsp3) is 0.368. The molecule has 0 radical (unpaired) electrons. The Bertz CT molecular complexity index is 548. The van der Waals surface area contributed by atoms with Crippen LogP contribution in [0.5, 0.6) is 5.75 Å². The molecule has 2 N–H and O–H groups in total. The summed E-state index contributed by atoms with van der Waals surface area (Å²) in [6.07, 6.45) is 0.356. The smallest absolute Gasteiger partial charge is 0.119 e. The molecule has 24 heavy (non-hydrogen) atoms. The molecule has 0 aromatic heterocycles. The van der Waals surface area contributed by atoms with Crippen molar-refractivity contribution in [3.63, 3.8) is 0 Å². The Hall–Kier alpha value is -1.59. The van der Waals surface area contributed by atoms with Gasteiger partial charge in [-0.25, -0.2) is 0 Å². The number of hydrogen-bond donors (Lipinski definition) is 2. The van der Waals surface area contributed by atoms with Gasteiger partial charge in [0.05, 0.1) is 6.61 Å². The second kappa shape index (κ2) is 11.9. The average molecular weight is 352 g/mol. The summed E-state index contributed by atoms with van der Waals surface area (Å²) < 4.78 is 10.7. The van der Waals surface area contributed by atoms with Gasteiger partial charge in [-0.3, -0.25) is 0 Å². The third-order valence-corrected chi connectivity index (χ3v) is 3.51. The molecule has 0 spiro atoms. The van der Waals surface area contributed by atoms with Crippen molar-refractivity contribution in [3.8, 4) is 5.75 Å². The Morgan fingerprint density at radius 1 is 1.00 bits per heavy atom. The first kappa shape index (κ1) is 20.5. The zero-order chi connectivity index (χ0) is 16.3. The molecule has 0 fully saturated rings. The van der Waals surface area contributed by atoms with Gasteiger partial charge in [-0.15, -0.1) is 12.4 Å². The predicted octanol–water partition coefficient (Wildman–Crippen LogP) is 2.83. The molecule has 0 heterocycles. The van der Waals surface area contributed by atoms with Crippen molar-refractivity contribution in [1.29, 1.82) is 0 Å². The summed E-state index contributed by atoms with van der Waals surface area (Å²) in [6, 6.07) is 18.0. The predicted molar refractivity (Wildman–Crippen MR) is 98.9 cm³/mol. The molecule has 0 amide bonds. The van der Waals surface area contributed by atoms with Gasteiger partial charge in [0, 0.05) is 20.2 Å². The summed E-state index contributed by atoms with van der Waals surface area (Å²) in [7, 11) is 1.70. The largest absolute Gasteiger partial charge is 0.491 e. The Balaban J connectivity index is 0.00000288. The summed E-state index contributed by atoms with van der Waals surface area (Å²) in [5.41, 5.74) is 2.41. The van der Waals surface area contributed by atoms with Gasteiger partial charge in [0.15, 0.2) is 0 Å². The Morgan fingerprint density at radius 3 is 2.38 bits per heavy atom. The Morgan fingerprint density at radius 2 is 1.71 bits per heavy atom. The molecule has 0 aliphatic heterocycles. The maximum absolute atomic E-state index is 9.96. The number of hydrogen-bond acceptors (Lipinski definition) is 4. The maximum Gasteiger partial charge on any atom is 0.119 e. The van der Waals surface area contributed by atoms with Crippen molar-refractivity contribution in [2.75, 3.05) is 26.9 Å². The van der Waals surface area contributed by atoms with Crippen LogP contribution in [0.1, 0.15) is 11.1 Å². The third kappa shape index (κ3) is 7.79. The quantitative estimate of drug-likeness (QED) is 0.691. The molecule has 4 nitrogen and oxygen atoms in total. The molecule has 1 atom stereocenters. The lowest BCUT2D eigenvalue weighted by molar-refractivity contribution is 0.106. The minimum absolute atomic E-state index is 0. The number of methoxy groups -OCH3 is 1. The number of benzene rings is 2. The first-order chi connectivity index (χ1) is 11.3. The fourth-order valence-electron chi connectivity index (χ4n) is 2.20. The Kier molecular flexibility index (Phi) is 10.1. The molecule has 0 saturated heterocycles. The van der Waals surface area contributed by atoms with Crippen molar-refractivity contribution in [3.05, 3.63) is 65.7 Å². The molecule has 2 rings (SSSR count). The van der Waals surface area contributed by atoms with Crippen LogP contribution in [-0.2, 0) is 17.7 Å². The molecule has 5 heteroatoms. The lowest BCUT2D eigenvalue weighted by atomic mass is 10.1. The number of aliphatic hydroxyl groups excluding tert-OH is 1. The summed E-state index contributed by atoms with van der Waals surface area (Å²) in [5.74, 6) is 0.772. The summed E-state index contributed by atoms with van der Waals surface area (Å²) >= 11 is 0. The first-order valence-electron chi connectivity index (χ1n) is 7.91. The molecule has 0 saturated carbocycles. The lowest BCUT2D eigenvalue weighted by Crippen LogP contribution is -2.31. The number of aliphatic hydroxyl groups is 1. The highest BCUT2D eigenvalue weighted by Crippen LogP contribution is 2.13. The van der Waals surface area contributed by atoms with Crippen LogP contribution in [0.25, 0.3) is 0 Å². The van der Waals surface area contributed by atoms with Crippen molar-refractivity contribution >= 4 is 12.4 Å². The summed E-state index contributed by atoms with van der Waals surface area (Å²) in [6.45, 7) is 2.23. The number of halogens is 1. The highest BCUT2D eigenvalue weighted by atomic mass is 35.5. The van der Waals surface area contributed by atoms with Crippen LogP contribution in [0.4, 0.5) is 0 Å². The lowest BCUT2D eigenvalue weighted by Gasteiger charge is -2.13. The van der Waals surface area contributed by atoms with Crippen molar-refractivity contribution in [2.24, 2.45) is 0 Å². The molecule has 2 aromatic rings. The van der Waals surface area contributed by atoms with E-state index in [9.17, 15) is 5.11 Å². The van der Waals surface area contributed by atoms with Gasteiger partial charge in [0.2, 0.25) is 0 Å². The molecule has 1 unspecified atom stereocenters. The molecule has 2 aromatic carbocycles. The van der Waals surface area contributed by atoms with Gasteiger partial charge in [-0.1, -0.05) is 42.5 Å². The van der Waals surface area contributed by atoms with E-state index in [1.54, 1.807) is 7.11 Å². The van der Waals surface area contributed by atoms with Gasteiger partial charge < -0.3 is 19.9 Å². The minimum atomic E-state index is -0.535. The topological polar surface area (TPSA) is 50.7 Å². The minimum Gasteiger partial charge on any atom is -0.491 e. The molecule has 0 bridgehead atoms. The van der Waals surface area contributed by atoms with E-state index in [0.29, 0.717) is 13.2 Å². The second-order valence-electron chi connectivity index (χ2n) is 5.47. The molecule has 0 aliphatic carbocycles. The SMILES string of the molecule is COCCc1ccc(OCC(O)CNCc2ccccc2)cc1.Cl. The zero-order valence-electron chi connectivity index (χ0n) is 14.0. The Labute approximate surface area is 150 Å². The normalized spacial score (nSPS) is 11.6. The maximum atomic E-state index is 9.96. The standard InChI is InChI=1S/C19H25NO3.ClH/c1-22-12-11-16-7-9-19(10-8-16)23-15-18(21)14-20-13-17-5-3-2-4-6-17;/h2-10,18,20-21H,11-15H2,1H3;1H. The average Bonchev–Trinajstić information content (AvgIpc) is 2.60. The van der Waals surface area contributed by atoms with Crippen LogP contribution in [-0.4, -0.2) is 38.1 Å². The van der Waals surface area contributed by atoms with E-state index in [0.717, 1.165) is 18.7 Å².